The zero-order chi connectivity index (χ0) is 17.8. The topological polar surface area (TPSA) is 106 Å². The monoisotopic (exact) mass is 366 g/mol. The van der Waals surface area contributed by atoms with Crippen molar-refractivity contribution in [1.82, 2.24) is 4.72 Å². The summed E-state index contributed by atoms with van der Waals surface area (Å²) in [5.74, 6) is 0. The first-order valence-electron chi connectivity index (χ1n) is 7.06. The summed E-state index contributed by atoms with van der Waals surface area (Å²) in [6.45, 7) is 1.67. The smallest absolute Gasteiger partial charge is 0.225 e. The maximum atomic E-state index is 12.1. The van der Waals surface area contributed by atoms with Gasteiger partial charge in [-0.2, -0.15) is 0 Å². The molecule has 0 radical (unpaired) electrons. The second kappa shape index (κ2) is 7.27. The molecule has 2 rings (SSSR count). The first kappa shape index (κ1) is 18.3. The van der Waals surface area contributed by atoms with Crippen LogP contribution in [0.5, 0.6) is 0 Å². The molecule has 0 aliphatic rings. The lowest BCUT2D eigenvalue weighted by molar-refractivity contribution is 0.575. The summed E-state index contributed by atoms with van der Waals surface area (Å²) in [4.78, 5) is -0.0229. The number of benzene rings is 2. The molecule has 1 atom stereocenters. The van der Waals surface area contributed by atoms with E-state index in [4.69, 9.17) is 5.14 Å². The molecule has 3 N–H and O–H groups in total. The van der Waals surface area contributed by atoms with Crippen molar-refractivity contribution in [2.24, 2.45) is 5.14 Å². The molecule has 0 aliphatic heterocycles. The average molecular weight is 366 g/mol. The molecular formula is C16H18N2O4S2. The third-order valence-electron chi connectivity index (χ3n) is 3.29. The molecule has 0 aromatic heterocycles. The van der Waals surface area contributed by atoms with Crippen LogP contribution in [0.25, 0.3) is 6.08 Å². The Morgan fingerprint density at radius 2 is 1.54 bits per heavy atom. The molecule has 0 spiro atoms. The number of nitrogens with two attached hydrogens (primary N) is 1. The Labute approximate surface area is 142 Å². The minimum absolute atomic E-state index is 0.0229. The van der Waals surface area contributed by atoms with Gasteiger partial charge in [-0.1, -0.05) is 42.5 Å². The summed E-state index contributed by atoms with van der Waals surface area (Å²) in [6, 6.07) is 14.3. The molecule has 6 nitrogen and oxygen atoms in total. The van der Waals surface area contributed by atoms with E-state index in [1.54, 1.807) is 19.1 Å². The number of hydrogen-bond acceptors (Lipinski definition) is 4. The molecule has 2 aromatic rings. The van der Waals surface area contributed by atoms with E-state index in [1.165, 1.54) is 30.3 Å². The van der Waals surface area contributed by atoms with E-state index in [2.05, 4.69) is 4.72 Å². The van der Waals surface area contributed by atoms with Crippen molar-refractivity contribution in [3.63, 3.8) is 0 Å². The van der Waals surface area contributed by atoms with Gasteiger partial charge in [0.25, 0.3) is 0 Å². The van der Waals surface area contributed by atoms with Crippen molar-refractivity contribution in [3.05, 3.63) is 71.1 Å². The molecule has 0 heterocycles. The molecule has 0 fully saturated rings. The third-order valence-corrected chi connectivity index (χ3v) is 5.39. The van der Waals surface area contributed by atoms with Gasteiger partial charge in [0.1, 0.15) is 0 Å². The highest BCUT2D eigenvalue weighted by Gasteiger charge is 2.14. The van der Waals surface area contributed by atoms with Crippen LogP contribution in [0.2, 0.25) is 0 Å². The maximum Gasteiger partial charge on any atom is 0.238 e. The summed E-state index contributed by atoms with van der Waals surface area (Å²) < 4.78 is 49.1. The fourth-order valence-electron chi connectivity index (χ4n) is 2.03. The highest BCUT2D eigenvalue weighted by molar-refractivity contribution is 7.92. The predicted molar refractivity (Wildman–Crippen MR) is 93.8 cm³/mol. The minimum Gasteiger partial charge on any atom is -0.225 e. The number of primary sulfonamides is 1. The summed E-state index contributed by atoms with van der Waals surface area (Å²) in [6.07, 6.45) is 1.50. The average Bonchev–Trinajstić information content (AvgIpc) is 2.53. The van der Waals surface area contributed by atoms with Crippen LogP contribution < -0.4 is 9.86 Å². The molecule has 0 saturated carbocycles. The van der Waals surface area contributed by atoms with Crippen LogP contribution in [-0.4, -0.2) is 16.8 Å². The van der Waals surface area contributed by atoms with Crippen molar-refractivity contribution in [2.45, 2.75) is 17.9 Å². The highest BCUT2D eigenvalue weighted by Crippen LogP contribution is 2.16. The Balaban J connectivity index is 2.10. The predicted octanol–water partition coefficient (Wildman–Crippen LogP) is 1.99. The van der Waals surface area contributed by atoms with Gasteiger partial charge in [-0.05, 0) is 36.3 Å². The largest absolute Gasteiger partial charge is 0.238 e. The van der Waals surface area contributed by atoms with Crippen LogP contribution in [0, 0.1) is 0 Å². The summed E-state index contributed by atoms with van der Waals surface area (Å²) in [5.41, 5.74) is 1.40. The van der Waals surface area contributed by atoms with Gasteiger partial charge in [-0.25, -0.2) is 26.7 Å². The number of hydrogen-bond donors (Lipinski definition) is 2. The summed E-state index contributed by atoms with van der Waals surface area (Å²) in [5, 5.41) is 6.13. The Morgan fingerprint density at radius 3 is 2.08 bits per heavy atom. The van der Waals surface area contributed by atoms with Crippen LogP contribution in [-0.2, 0) is 20.0 Å². The molecule has 24 heavy (non-hydrogen) atoms. The van der Waals surface area contributed by atoms with Crippen molar-refractivity contribution in [2.75, 3.05) is 0 Å². The zero-order valence-corrected chi connectivity index (χ0v) is 14.6. The van der Waals surface area contributed by atoms with Crippen LogP contribution in [0.15, 0.2) is 64.9 Å². The molecule has 0 aliphatic carbocycles. The highest BCUT2D eigenvalue weighted by atomic mass is 32.2. The first-order valence-corrected chi connectivity index (χ1v) is 10.1. The minimum atomic E-state index is -3.77. The van der Waals surface area contributed by atoms with E-state index in [1.807, 2.05) is 18.2 Å². The van der Waals surface area contributed by atoms with Gasteiger partial charge >= 0.3 is 0 Å². The van der Waals surface area contributed by atoms with Crippen LogP contribution in [0.3, 0.4) is 0 Å². The van der Waals surface area contributed by atoms with E-state index in [-0.39, 0.29) is 4.90 Å². The van der Waals surface area contributed by atoms with Gasteiger partial charge < -0.3 is 0 Å². The van der Waals surface area contributed by atoms with Crippen molar-refractivity contribution >= 4 is 26.1 Å². The standard InChI is InChI=1S/C16H18N2O4S2/c1-13(15-7-9-16(10-8-15)24(17,21)22)18-23(19,20)12-11-14-5-3-2-4-6-14/h2-13,18H,1H3,(H2,17,21,22)/b12-11+. The van der Waals surface area contributed by atoms with E-state index >= 15 is 0 Å². The van der Waals surface area contributed by atoms with E-state index in [0.717, 1.165) is 11.0 Å². The molecule has 1 unspecified atom stereocenters. The Morgan fingerprint density at radius 1 is 0.958 bits per heavy atom. The van der Waals surface area contributed by atoms with E-state index in [9.17, 15) is 16.8 Å². The fourth-order valence-corrected chi connectivity index (χ4v) is 3.59. The Bertz CT molecular complexity index is 920. The number of nitrogens with one attached hydrogen (secondary N) is 1. The molecule has 0 saturated heterocycles. The zero-order valence-electron chi connectivity index (χ0n) is 13.0. The number of rotatable bonds is 6. The molecule has 2 aromatic carbocycles. The van der Waals surface area contributed by atoms with Gasteiger partial charge in [-0.15, -0.1) is 0 Å². The quantitative estimate of drug-likeness (QED) is 0.815. The Kier molecular flexibility index (Phi) is 5.55. The third kappa shape index (κ3) is 5.27. The lowest BCUT2D eigenvalue weighted by atomic mass is 10.1. The van der Waals surface area contributed by atoms with Crippen molar-refractivity contribution in [3.8, 4) is 0 Å². The van der Waals surface area contributed by atoms with Crippen LogP contribution >= 0.6 is 0 Å². The summed E-state index contributed by atoms with van der Waals surface area (Å²) in [7, 11) is -7.41. The van der Waals surface area contributed by atoms with Crippen LogP contribution in [0.1, 0.15) is 24.1 Å². The van der Waals surface area contributed by atoms with Gasteiger partial charge in [0, 0.05) is 11.4 Å². The van der Waals surface area contributed by atoms with Gasteiger partial charge in [0.15, 0.2) is 0 Å². The molecule has 0 bridgehead atoms. The SMILES string of the molecule is CC(NS(=O)(=O)/C=C/c1ccccc1)c1ccc(S(N)(=O)=O)cc1. The van der Waals surface area contributed by atoms with Crippen molar-refractivity contribution < 1.29 is 16.8 Å². The maximum absolute atomic E-state index is 12.1. The fraction of sp³-hybridized carbons (Fsp3) is 0.125. The molecule has 8 heteroatoms. The normalized spacial score (nSPS) is 13.9. The van der Waals surface area contributed by atoms with E-state index in [0.29, 0.717) is 5.56 Å². The summed E-state index contributed by atoms with van der Waals surface area (Å²) >= 11 is 0. The lowest BCUT2D eigenvalue weighted by Gasteiger charge is -2.13. The molecular weight excluding hydrogens is 348 g/mol. The Hall–Kier alpha value is -2.00. The van der Waals surface area contributed by atoms with Crippen LogP contribution in [0.4, 0.5) is 0 Å². The molecule has 0 amide bonds. The lowest BCUT2D eigenvalue weighted by Crippen LogP contribution is -2.24. The second-order valence-corrected chi connectivity index (χ2v) is 8.37. The van der Waals surface area contributed by atoms with Gasteiger partial charge in [-0.3, -0.25) is 0 Å². The van der Waals surface area contributed by atoms with E-state index < -0.39 is 26.1 Å². The van der Waals surface area contributed by atoms with Gasteiger partial charge in [0.05, 0.1) is 4.90 Å². The van der Waals surface area contributed by atoms with Crippen molar-refractivity contribution in [1.29, 1.82) is 0 Å². The first-order chi connectivity index (χ1) is 11.2. The molecule has 128 valence electrons. The van der Waals surface area contributed by atoms with Gasteiger partial charge in [0.2, 0.25) is 20.0 Å². The number of sulfonamides is 2. The second-order valence-electron chi connectivity index (χ2n) is 5.21.